The molecule has 1 atom stereocenters. The number of aromatic nitrogens is 2. The van der Waals surface area contributed by atoms with E-state index in [1.54, 1.807) is 0 Å². The molecule has 2 aromatic rings. The Bertz CT molecular complexity index is 539. The largest absolute Gasteiger partial charge is 0.460 e. The van der Waals surface area contributed by atoms with Gasteiger partial charge in [-0.2, -0.15) is 0 Å². The van der Waals surface area contributed by atoms with E-state index in [1.807, 2.05) is 25.3 Å². The molecule has 1 unspecified atom stereocenters. The van der Waals surface area contributed by atoms with Crippen molar-refractivity contribution in [3.05, 3.63) is 29.9 Å². The Morgan fingerprint density at radius 2 is 2.11 bits per heavy atom. The second-order valence-corrected chi connectivity index (χ2v) is 5.05. The molecule has 5 nitrogen and oxygen atoms in total. The van der Waals surface area contributed by atoms with E-state index in [1.165, 1.54) is 0 Å². The van der Waals surface area contributed by atoms with Crippen LogP contribution in [0.15, 0.2) is 22.7 Å². The lowest BCUT2D eigenvalue weighted by Crippen LogP contribution is -2.44. The Labute approximate surface area is 113 Å². The topological polar surface area (TPSA) is 57.1 Å². The molecule has 0 saturated carbocycles. The number of rotatable bonds is 3. The average molecular weight is 260 g/mol. The zero-order valence-electron chi connectivity index (χ0n) is 11.4. The van der Waals surface area contributed by atoms with Gasteiger partial charge in [0, 0.05) is 26.2 Å². The van der Waals surface area contributed by atoms with E-state index in [2.05, 4.69) is 27.1 Å². The summed E-state index contributed by atoms with van der Waals surface area (Å²) < 4.78 is 5.61. The van der Waals surface area contributed by atoms with Crippen molar-refractivity contribution in [2.45, 2.75) is 19.9 Å². The molecule has 1 aliphatic heterocycles. The van der Waals surface area contributed by atoms with Crippen LogP contribution < -0.4 is 5.32 Å². The van der Waals surface area contributed by atoms with Gasteiger partial charge in [-0.3, -0.25) is 4.90 Å². The SMILES string of the molecule is Cc1ccc(-c2cnc(C(C)N3CCNCC3)[nH]2)o1. The highest BCUT2D eigenvalue weighted by Crippen LogP contribution is 2.23. The summed E-state index contributed by atoms with van der Waals surface area (Å²) in [6, 6.07) is 4.25. The minimum Gasteiger partial charge on any atom is -0.460 e. The fourth-order valence-corrected chi connectivity index (χ4v) is 2.50. The minimum atomic E-state index is 0.312. The van der Waals surface area contributed by atoms with Crippen molar-refractivity contribution in [3.8, 4) is 11.5 Å². The maximum absolute atomic E-state index is 5.61. The number of hydrogen-bond donors (Lipinski definition) is 2. The predicted octanol–water partition coefficient (Wildman–Crippen LogP) is 1.94. The van der Waals surface area contributed by atoms with Gasteiger partial charge in [0.2, 0.25) is 0 Å². The first kappa shape index (κ1) is 12.4. The van der Waals surface area contributed by atoms with Crippen LogP contribution in [0.4, 0.5) is 0 Å². The minimum absolute atomic E-state index is 0.312. The van der Waals surface area contributed by atoms with E-state index in [-0.39, 0.29) is 0 Å². The van der Waals surface area contributed by atoms with Gasteiger partial charge in [0.15, 0.2) is 5.76 Å². The van der Waals surface area contributed by atoms with Gasteiger partial charge >= 0.3 is 0 Å². The lowest BCUT2D eigenvalue weighted by molar-refractivity contribution is 0.180. The Balaban J connectivity index is 1.76. The second kappa shape index (κ2) is 5.19. The number of hydrogen-bond acceptors (Lipinski definition) is 4. The summed E-state index contributed by atoms with van der Waals surface area (Å²) in [7, 11) is 0. The quantitative estimate of drug-likeness (QED) is 0.885. The standard InChI is InChI=1S/C14H20N4O/c1-10-3-4-13(19-10)12-9-16-14(17-12)11(2)18-7-5-15-6-8-18/h3-4,9,11,15H,5-8H2,1-2H3,(H,16,17). The third-order valence-corrected chi connectivity index (χ3v) is 3.70. The molecule has 0 amide bonds. The molecule has 2 aromatic heterocycles. The third-order valence-electron chi connectivity index (χ3n) is 3.70. The third kappa shape index (κ3) is 2.57. The predicted molar refractivity (Wildman–Crippen MR) is 73.9 cm³/mol. The first-order chi connectivity index (χ1) is 9.24. The van der Waals surface area contributed by atoms with Crippen LogP contribution >= 0.6 is 0 Å². The van der Waals surface area contributed by atoms with Crippen molar-refractivity contribution >= 4 is 0 Å². The highest BCUT2D eigenvalue weighted by Gasteiger charge is 2.20. The van der Waals surface area contributed by atoms with Crippen LogP contribution in [-0.4, -0.2) is 41.0 Å². The van der Waals surface area contributed by atoms with Crippen LogP contribution in [0.2, 0.25) is 0 Å². The average Bonchev–Trinajstić information content (AvgIpc) is 3.07. The number of H-pyrrole nitrogens is 1. The summed E-state index contributed by atoms with van der Waals surface area (Å²) in [6.07, 6.45) is 1.85. The van der Waals surface area contributed by atoms with Gasteiger partial charge in [0.25, 0.3) is 0 Å². The van der Waals surface area contributed by atoms with E-state index < -0.39 is 0 Å². The zero-order chi connectivity index (χ0) is 13.2. The molecule has 102 valence electrons. The molecule has 3 heterocycles. The summed E-state index contributed by atoms with van der Waals surface area (Å²) >= 11 is 0. The van der Waals surface area contributed by atoms with Crippen LogP contribution in [0.1, 0.15) is 24.6 Å². The highest BCUT2D eigenvalue weighted by molar-refractivity contribution is 5.51. The molecule has 1 fully saturated rings. The molecular weight excluding hydrogens is 240 g/mol. The molecule has 0 spiro atoms. The molecule has 2 N–H and O–H groups in total. The maximum atomic E-state index is 5.61. The molecule has 0 radical (unpaired) electrons. The summed E-state index contributed by atoms with van der Waals surface area (Å²) in [5.74, 6) is 2.77. The number of furan rings is 1. The lowest BCUT2D eigenvalue weighted by Gasteiger charge is -2.31. The van der Waals surface area contributed by atoms with E-state index in [0.717, 1.165) is 49.2 Å². The van der Waals surface area contributed by atoms with Crippen LogP contribution in [0, 0.1) is 6.92 Å². The van der Waals surface area contributed by atoms with E-state index in [4.69, 9.17) is 4.42 Å². The Morgan fingerprint density at radius 1 is 1.32 bits per heavy atom. The number of imidazole rings is 1. The fourth-order valence-electron chi connectivity index (χ4n) is 2.50. The molecule has 3 rings (SSSR count). The van der Waals surface area contributed by atoms with Gasteiger partial charge in [-0.1, -0.05) is 0 Å². The fraction of sp³-hybridized carbons (Fsp3) is 0.500. The number of piperazine rings is 1. The molecule has 0 aliphatic carbocycles. The van der Waals surface area contributed by atoms with Gasteiger partial charge in [-0.15, -0.1) is 0 Å². The maximum Gasteiger partial charge on any atom is 0.152 e. The lowest BCUT2D eigenvalue weighted by atomic mass is 10.2. The molecule has 5 heteroatoms. The van der Waals surface area contributed by atoms with Gasteiger partial charge in [0.05, 0.1) is 12.2 Å². The monoisotopic (exact) mass is 260 g/mol. The first-order valence-electron chi connectivity index (χ1n) is 6.80. The zero-order valence-corrected chi connectivity index (χ0v) is 11.4. The summed E-state index contributed by atoms with van der Waals surface area (Å²) in [5.41, 5.74) is 0.949. The summed E-state index contributed by atoms with van der Waals surface area (Å²) in [5, 5.41) is 3.37. The van der Waals surface area contributed by atoms with Gasteiger partial charge in [-0.25, -0.2) is 4.98 Å². The number of nitrogens with zero attached hydrogens (tertiary/aromatic N) is 2. The molecule has 1 saturated heterocycles. The molecule has 1 aliphatic rings. The van der Waals surface area contributed by atoms with Crippen LogP contribution in [0.25, 0.3) is 11.5 Å². The van der Waals surface area contributed by atoms with Crippen molar-refractivity contribution in [2.75, 3.05) is 26.2 Å². The van der Waals surface area contributed by atoms with E-state index >= 15 is 0 Å². The van der Waals surface area contributed by atoms with Gasteiger partial charge in [-0.05, 0) is 26.0 Å². The Kier molecular flexibility index (Phi) is 3.40. The second-order valence-electron chi connectivity index (χ2n) is 5.05. The van der Waals surface area contributed by atoms with Crippen molar-refractivity contribution < 1.29 is 4.42 Å². The Hall–Kier alpha value is -1.59. The van der Waals surface area contributed by atoms with E-state index in [0.29, 0.717) is 6.04 Å². The molecule has 0 aromatic carbocycles. The van der Waals surface area contributed by atoms with Crippen LogP contribution in [0.5, 0.6) is 0 Å². The highest BCUT2D eigenvalue weighted by atomic mass is 16.3. The molecular formula is C14H20N4O. The molecule has 19 heavy (non-hydrogen) atoms. The molecule has 0 bridgehead atoms. The number of nitrogens with one attached hydrogen (secondary N) is 2. The van der Waals surface area contributed by atoms with Gasteiger partial charge < -0.3 is 14.7 Å². The number of aromatic amines is 1. The summed E-state index contributed by atoms with van der Waals surface area (Å²) in [6.45, 7) is 8.38. The van der Waals surface area contributed by atoms with Crippen molar-refractivity contribution in [1.29, 1.82) is 0 Å². The van der Waals surface area contributed by atoms with Crippen molar-refractivity contribution in [1.82, 2.24) is 20.2 Å². The van der Waals surface area contributed by atoms with Crippen LogP contribution in [-0.2, 0) is 0 Å². The van der Waals surface area contributed by atoms with Gasteiger partial charge in [0.1, 0.15) is 17.3 Å². The van der Waals surface area contributed by atoms with Crippen molar-refractivity contribution in [3.63, 3.8) is 0 Å². The first-order valence-corrected chi connectivity index (χ1v) is 6.80. The smallest absolute Gasteiger partial charge is 0.152 e. The Morgan fingerprint density at radius 3 is 2.79 bits per heavy atom. The summed E-state index contributed by atoms with van der Waals surface area (Å²) in [4.78, 5) is 10.3. The normalized spacial score (nSPS) is 18.6. The number of aryl methyl sites for hydroxylation is 1. The van der Waals surface area contributed by atoms with Crippen molar-refractivity contribution in [2.24, 2.45) is 0 Å². The van der Waals surface area contributed by atoms with E-state index in [9.17, 15) is 0 Å². The van der Waals surface area contributed by atoms with Crippen LogP contribution in [0.3, 0.4) is 0 Å².